The Morgan fingerprint density at radius 1 is 1.52 bits per heavy atom. The summed E-state index contributed by atoms with van der Waals surface area (Å²) >= 11 is 0. The molecule has 0 heterocycles. The topological polar surface area (TPSA) is 91.4 Å². The summed E-state index contributed by atoms with van der Waals surface area (Å²) in [7, 11) is 1.61. The zero-order valence-corrected chi connectivity index (χ0v) is 12.5. The largest absolute Gasteiger partial charge is 0.399 e. The van der Waals surface area contributed by atoms with Crippen molar-refractivity contribution < 1.29 is 9.53 Å². The molecule has 6 nitrogen and oxygen atoms in total. The third-order valence-corrected chi connectivity index (χ3v) is 3.17. The third kappa shape index (κ3) is 5.81. The first-order valence-corrected chi connectivity index (χ1v) is 6.84. The molecule has 1 amide bonds. The van der Waals surface area contributed by atoms with Crippen molar-refractivity contribution in [1.29, 1.82) is 5.26 Å². The average molecular weight is 290 g/mol. The predicted molar refractivity (Wildman–Crippen MR) is 82.6 cm³/mol. The Hall–Kier alpha value is -2.10. The maximum Gasteiger partial charge on any atom is 0.241 e. The lowest BCUT2D eigenvalue weighted by Crippen LogP contribution is -2.44. The van der Waals surface area contributed by atoms with E-state index in [-0.39, 0.29) is 11.9 Å². The number of hydrogen-bond donors (Lipinski definition) is 2. The number of hydrogen-bond acceptors (Lipinski definition) is 5. The molecule has 6 heteroatoms. The highest BCUT2D eigenvalue weighted by molar-refractivity contribution is 5.94. The summed E-state index contributed by atoms with van der Waals surface area (Å²) in [5.74, 6) is -0.130. The zero-order valence-electron chi connectivity index (χ0n) is 12.5. The molecule has 0 aliphatic rings. The van der Waals surface area contributed by atoms with E-state index in [0.29, 0.717) is 37.5 Å². The van der Waals surface area contributed by atoms with E-state index >= 15 is 0 Å². The molecule has 1 atom stereocenters. The number of ether oxygens (including phenoxy) is 1. The van der Waals surface area contributed by atoms with Crippen LogP contribution in [0.2, 0.25) is 0 Å². The van der Waals surface area contributed by atoms with Crippen LogP contribution in [0.1, 0.15) is 13.3 Å². The summed E-state index contributed by atoms with van der Waals surface area (Å²) < 4.78 is 5.04. The summed E-state index contributed by atoms with van der Waals surface area (Å²) in [5.41, 5.74) is 6.95. The third-order valence-electron chi connectivity index (χ3n) is 3.17. The summed E-state index contributed by atoms with van der Waals surface area (Å²) in [4.78, 5) is 14.2. The highest BCUT2D eigenvalue weighted by Crippen LogP contribution is 2.13. The van der Waals surface area contributed by atoms with Crippen molar-refractivity contribution >= 4 is 17.3 Å². The molecule has 1 rings (SSSR count). The predicted octanol–water partition coefficient (Wildman–Crippen LogP) is 1.46. The fraction of sp³-hybridized carbons (Fsp3) is 0.467. The van der Waals surface area contributed by atoms with Crippen LogP contribution in [0.4, 0.5) is 11.4 Å². The Morgan fingerprint density at radius 3 is 2.90 bits per heavy atom. The molecule has 1 unspecified atom stereocenters. The molecule has 0 fully saturated rings. The smallest absolute Gasteiger partial charge is 0.241 e. The Balaban J connectivity index is 2.66. The lowest BCUT2D eigenvalue weighted by molar-refractivity contribution is -0.121. The van der Waals surface area contributed by atoms with Gasteiger partial charge >= 0.3 is 0 Å². The Kier molecular flexibility index (Phi) is 7.23. The van der Waals surface area contributed by atoms with Crippen LogP contribution in [0.25, 0.3) is 0 Å². The van der Waals surface area contributed by atoms with E-state index in [1.54, 1.807) is 31.4 Å². The van der Waals surface area contributed by atoms with Crippen molar-refractivity contribution in [2.75, 3.05) is 37.9 Å². The number of benzene rings is 1. The van der Waals surface area contributed by atoms with E-state index in [1.165, 1.54) is 0 Å². The van der Waals surface area contributed by atoms with Gasteiger partial charge in [0.2, 0.25) is 5.91 Å². The number of nitrogen functional groups attached to an aromatic ring is 1. The first-order chi connectivity index (χ1) is 10.1. The lowest BCUT2D eigenvalue weighted by atomic mass is 10.2. The van der Waals surface area contributed by atoms with Crippen LogP contribution in [0.15, 0.2) is 24.3 Å². The summed E-state index contributed by atoms with van der Waals surface area (Å²) in [6, 6.07) is 8.78. The van der Waals surface area contributed by atoms with E-state index < -0.39 is 0 Å². The van der Waals surface area contributed by atoms with Gasteiger partial charge in [-0.1, -0.05) is 6.07 Å². The molecule has 1 aromatic rings. The van der Waals surface area contributed by atoms with E-state index in [1.807, 2.05) is 11.8 Å². The zero-order chi connectivity index (χ0) is 15.7. The monoisotopic (exact) mass is 290 g/mol. The SMILES string of the molecule is COCCN(CCC#N)C(C)C(=O)Nc1cccc(N)c1. The number of nitrogens with two attached hydrogens (primary N) is 1. The molecular formula is C15H22N4O2. The Labute approximate surface area is 125 Å². The first-order valence-electron chi connectivity index (χ1n) is 6.84. The molecule has 0 saturated heterocycles. The minimum absolute atomic E-state index is 0.130. The van der Waals surface area contributed by atoms with Crippen molar-refractivity contribution in [3.63, 3.8) is 0 Å². The van der Waals surface area contributed by atoms with Gasteiger partial charge in [0, 0.05) is 38.0 Å². The highest BCUT2D eigenvalue weighted by atomic mass is 16.5. The Bertz CT molecular complexity index is 499. The quantitative estimate of drug-likeness (QED) is 0.707. The van der Waals surface area contributed by atoms with Gasteiger partial charge in [0.15, 0.2) is 0 Å². The van der Waals surface area contributed by atoms with Crippen molar-refractivity contribution in [1.82, 2.24) is 4.90 Å². The van der Waals surface area contributed by atoms with Gasteiger partial charge in [-0.05, 0) is 25.1 Å². The second-order valence-corrected chi connectivity index (χ2v) is 4.73. The standard InChI is InChI=1S/C15H22N4O2/c1-12(19(8-4-7-16)9-10-21-2)15(20)18-14-6-3-5-13(17)11-14/h3,5-6,11-12H,4,8-10,17H2,1-2H3,(H,18,20). The molecule has 0 aromatic heterocycles. The minimum atomic E-state index is -0.352. The van der Waals surface area contributed by atoms with Crippen LogP contribution < -0.4 is 11.1 Å². The number of anilines is 2. The van der Waals surface area contributed by atoms with Crippen LogP contribution in [0.5, 0.6) is 0 Å². The molecule has 0 aliphatic carbocycles. The summed E-state index contributed by atoms with van der Waals surface area (Å²) in [6.45, 7) is 3.46. The molecule has 3 N–H and O–H groups in total. The first kappa shape index (κ1) is 17.0. The van der Waals surface area contributed by atoms with Gasteiger partial charge < -0.3 is 15.8 Å². The fourth-order valence-electron chi connectivity index (χ4n) is 1.93. The fourth-order valence-corrected chi connectivity index (χ4v) is 1.93. The number of nitriles is 1. The van der Waals surface area contributed by atoms with E-state index in [0.717, 1.165) is 0 Å². The number of carbonyl (C=O) groups is 1. The van der Waals surface area contributed by atoms with Gasteiger partial charge in [0.05, 0.1) is 18.7 Å². The van der Waals surface area contributed by atoms with Crippen molar-refractivity contribution in [2.24, 2.45) is 0 Å². The van der Waals surface area contributed by atoms with Gasteiger partial charge in [-0.2, -0.15) is 5.26 Å². The minimum Gasteiger partial charge on any atom is -0.399 e. The van der Waals surface area contributed by atoms with Gasteiger partial charge in [0.1, 0.15) is 0 Å². The maximum atomic E-state index is 12.3. The molecule has 0 spiro atoms. The number of amides is 1. The van der Waals surface area contributed by atoms with Crippen LogP contribution >= 0.6 is 0 Å². The van der Waals surface area contributed by atoms with Crippen LogP contribution in [-0.4, -0.2) is 43.7 Å². The van der Waals surface area contributed by atoms with E-state index in [4.69, 9.17) is 15.7 Å². The number of methoxy groups -OCH3 is 1. The van der Waals surface area contributed by atoms with Crippen molar-refractivity contribution in [3.8, 4) is 6.07 Å². The van der Waals surface area contributed by atoms with Crippen molar-refractivity contribution in [3.05, 3.63) is 24.3 Å². The van der Waals surface area contributed by atoms with Gasteiger partial charge in [0.25, 0.3) is 0 Å². The van der Waals surface area contributed by atoms with Crippen LogP contribution in [0, 0.1) is 11.3 Å². The normalized spacial score (nSPS) is 11.9. The van der Waals surface area contributed by atoms with Gasteiger partial charge in [-0.3, -0.25) is 9.69 Å². The highest BCUT2D eigenvalue weighted by Gasteiger charge is 2.20. The molecule has 21 heavy (non-hydrogen) atoms. The second-order valence-electron chi connectivity index (χ2n) is 4.73. The average Bonchev–Trinajstić information content (AvgIpc) is 2.47. The number of rotatable bonds is 8. The molecule has 0 bridgehead atoms. The molecule has 0 radical (unpaired) electrons. The van der Waals surface area contributed by atoms with Crippen molar-refractivity contribution in [2.45, 2.75) is 19.4 Å². The Morgan fingerprint density at radius 2 is 2.29 bits per heavy atom. The maximum absolute atomic E-state index is 12.3. The molecule has 114 valence electrons. The number of nitrogens with zero attached hydrogens (tertiary/aromatic N) is 2. The lowest BCUT2D eigenvalue weighted by Gasteiger charge is -2.27. The van der Waals surface area contributed by atoms with Gasteiger partial charge in [-0.15, -0.1) is 0 Å². The van der Waals surface area contributed by atoms with E-state index in [2.05, 4.69) is 11.4 Å². The molecule has 0 aliphatic heterocycles. The van der Waals surface area contributed by atoms with Crippen LogP contribution in [0.3, 0.4) is 0 Å². The second kappa shape index (κ2) is 8.95. The molecule has 1 aromatic carbocycles. The van der Waals surface area contributed by atoms with Crippen LogP contribution in [-0.2, 0) is 9.53 Å². The summed E-state index contributed by atoms with van der Waals surface area (Å²) in [6.07, 6.45) is 0.375. The number of nitrogens with one attached hydrogen (secondary N) is 1. The number of carbonyl (C=O) groups excluding carboxylic acids is 1. The van der Waals surface area contributed by atoms with E-state index in [9.17, 15) is 4.79 Å². The molecule has 0 saturated carbocycles. The van der Waals surface area contributed by atoms with Gasteiger partial charge in [-0.25, -0.2) is 0 Å². The summed E-state index contributed by atoms with van der Waals surface area (Å²) in [5, 5.41) is 11.5. The molecular weight excluding hydrogens is 268 g/mol.